The fraction of sp³-hybridized carbons (Fsp3) is 0.300. The molecule has 1 aliphatic rings. The fourth-order valence-corrected chi connectivity index (χ4v) is 1.70. The predicted octanol–water partition coefficient (Wildman–Crippen LogP) is 2.23. The molecule has 0 saturated carbocycles. The maximum Gasteiger partial charge on any atom is 0.291 e. The standard InChI is InChI=1S/C10H10ClNO3/c1-2-8-10(13)12(14)7-5-3-4-6(11)9(7)15-8/h3-5,8,14H,2H2,1H3. The van der Waals surface area contributed by atoms with Crippen LogP contribution in [0, 0.1) is 0 Å². The molecular weight excluding hydrogens is 218 g/mol. The highest BCUT2D eigenvalue weighted by Crippen LogP contribution is 2.39. The zero-order valence-electron chi connectivity index (χ0n) is 8.11. The van der Waals surface area contributed by atoms with Crippen molar-refractivity contribution in [3.05, 3.63) is 23.2 Å². The first-order valence-electron chi connectivity index (χ1n) is 4.63. The van der Waals surface area contributed by atoms with E-state index in [0.29, 0.717) is 22.3 Å². The summed E-state index contributed by atoms with van der Waals surface area (Å²) in [4.78, 5) is 11.5. The van der Waals surface area contributed by atoms with E-state index in [0.717, 1.165) is 0 Å². The van der Waals surface area contributed by atoms with Crippen LogP contribution in [0.15, 0.2) is 18.2 Å². The van der Waals surface area contributed by atoms with Crippen LogP contribution in [-0.2, 0) is 4.79 Å². The number of nitrogens with zero attached hydrogens (tertiary/aromatic N) is 1. The van der Waals surface area contributed by atoms with Gasteiger partial charge in [-0.1, -0.05) is 24.6 Å². The molecule has 80 valence electrons. The third-order valence-electron chi connectivity index (χ3n) is 2.29. The Morgan fingerprint density at radius 1 is 1.60 bits per heavy atom. The highest BCUT2D eigenvalue weighted by Gasteiger charge is 2.33. The van der Waals surface area contributed by atoms with Gasteiger partial charge in [0.2, 0.25) is 0 Å². The maximum absolute atomic E-state index is 11.5. The monoisotopic (exact) mass is 227 g/mol. The van der Waals surface area contributed by atoms with E-state index in [1.165, 1.54) is 0 Å². The van der Waals surface area contributed by atoms with Crippen LogP contribution in [0.2, 0.25) is 5.02 Å². The van der Waals surface area contributed by atoms with Gasteiger partial charge in [0.25, 0.3) is 5.91 Å². The molecule has 0 spiro atoms. The van der Waals surface area contributed by atoms with Gasteiger partial charge in [0.05, 0.1) is 5.02 Å². The minimum Gasteiger partial charge on any atom is -0.477 e. The lowest BCUT2D eigenvalue weighted by atomic mass is 10.2. The van der Waals surface area contributed by atoms with Crippen LogP contribution in [0.3, 0.4) is 0 Å². The maximum atomic E-state index is 11.5. The Morgan fingerprint density at radius 2 is 2.33 bits per heavy atom. The molecule has 1 aliphatic heterocycles. The Labute approximate surface area is 92.0 Å². The normalized spacial score (nSPS) is 19.8. The number of para-hydroxylation sites is 1. The highest BCUT2D eigenvalue weighted by molar-refractivity contribution is 6.32. The van der Waals surface area contributed by atoms with Crippen molar-refractivity contribution in [2.75, 3.05) is 5.06 Å². The lowest BCUT2D eigenvalue weighted by Gasteiger charge is -2.30. The number of rotatable bonds is 1. The van der Waals surface area contributed by atoms with Crippen molar-refractivity contribution in [2.45, 2.75) is 19.4 Å². The van der Waals surface area contributed by atoms with E-state index in [9.17, 15) is 10.0 Å². The van der Waals surface area contributed by atoms with Crippen LogP contribution in [-0.4, -0.2) is 17.2 Å². The lowest BCUT2D eigenvalue weighted by Crippen LogP contribution is -2.43. The molecule has 0 radical (unpaired) electrons. The highest BCUT2D eigenvalue weighted by atomic mass is 35.5. The Morgan fingerprint density at radius 3 is 3.00 bits per heavy atom. The molecule has 0 fully saturated rings. The Hall–Kier alpha value is -1.26. The molecule has 0 saturated heterocycles. The van der Waals surface area contributed by atoms with Crippen LogP contribution in [0.5, 0.6) is 5.75 Å². The van der Waals surface area contributed by atoms with Gasteiger partial charge in [-0.3, -0.25) is 10.0 Å². The molecule has 2 rings (SSSR count). The van der Waals surface area contributed by atoms with Gasteiger partial charge < -0.3 is 4.74 Å². The molecule has 1 unspecified atom stereocenters. The van der Waals surface area contributed by atoms with Crippen molar-refractivity contribution in [1.82, 2.24) is 0 Å². The first-order valence-corrected chi connectivity index (χ1v) is 5.01. The average Bonchev–Trinajstić information content (AvgIpc) is 2.24. The summed E-state index contributed by atoms with van der Waals surface area (Å²) in [7, 11) is 0. The number of fused-ring (bicyclic) bond motifs is 1. The molecule has 0 aromatic heterocycles. The van der Waals surface area contributed by atoms with Crippen molar-refractivity contribution in [1.29, 1.82) is 0 Å². The average molecular weight is 228 g/mol. The number of halogens is 1. The summed E-state index contributed by atoms with van der Waals surface area (Å²) in [5.74, 6) is -0.111. The van der Waals surface area contributed by atoms with Crippen LogP contribution < -0.4 is 9.80 Å². The SMILES string of the molecule is CCC1Oc2c(Cl)cccc2N(O)C1=O. The Bertz CT molecular complexity index is 408. The van der Waals surface area contributed by atoms with E-state index in [-0.39, 0.29) is 5.69 Å². The van der Waals surface area contributed by atoms with Gasteiger partial charge in [-0.2, -0.15) is 5.06 Å². The molecule has 1 heterocycles. The molecular formula is C10H10ClNO3. The summed E-state index contributed by atoms with van der Waals surface area (Å²) in [6, 6.07) is 4.87. The van der Waals surface area contributed by atoms with E-state index >= 15 is 0 Å². The predicted molar refractivity (Wildman–Crippen MR) is 55.4 cm³/mol. The first-order chi connectivity index (χ1) is 7.15. The summed E-state index contributed by atoms with van der Waals surface area (Å²) in [5, 5.41) is 10.6. The largest absolute Gasteiger partial charge is 0.477 e. The molecule has 5 heteroatoms. The topological polar surface area (TPSA) is 49.8 Å². The number of carbonyl (C=O) groups is 1. The van der Waals surface area contributed by atoms with E-state index in [2.05, 4.69) is 0 Å². The van der Waals surface area contributed by atoms with Gasteiger partial charge in [0.15, 0.2) is 11.9 Å². The number of benzene rings is 1. The number of amides is 1. The zero-order chi connectivity index (χ0) is 11.0. The number of hydrogen-bond acceptors (Lipinski definition) is 3. The second kappa shape index (κ2) is 3.72. The Balaban J connectivity index is 2.50. The van der Waals surface area contributed by atoms with Crippen molar-refractivity contribution in [3.8, 4) is 5.75 Å². The Kier molecular flexibility index (Phi) is 2.54. The van der Waals surface area contributed by atoms with Crippen molar-refractivity contribution >= 4 is 23.2 Å². The third kappa shape index (κ3) is 1.56. The molecule has 1 atom stereocenters. The van der Waals surface area contributed by atoms with Crippen LogP contribution in [0.25, 0.3) is 0 Å². The molecule has 4 nitrogen and oxygen atoms in total. The first kappa shape index (κ1) is 10.3. The molecule has 0 aliphatic carbocycles. The van der Waals surface area contributed by atoms with E-state index in [1.807, 2.05) is 0 Å². The third-order valence-corrected chi connectivity index (χ3v) is 2.59. The van der Waals surface area contributed by atoms with Crippen molar-refractivity contribution < 1.29 is 14.7 Å². The second-order valence-electron chi connectivity index (χ2n) is 3.25. The summed E-state index contributed by atoms with van der Waals surface area (Å²) in [6.07, 6.45) is -0.178. The summed E-state index contributed by atoms with van der Waals surface area (Å²) in [6.45, 7) is 1.80. The number of carbonyl (C=O) groups excluding carboxylic acids is 1. The van der Waals surface area contributed by atoms with E-state index < -0.39 is 12.0 Å². The van der Waals surface area contributed by atoms with Crippen molar-refractivity contribution in [2.24, 2.45) is 0 Å². The van der Waals surface area contributed by atoms with E-state index in [4.69, 9.17) is 16.3 Å². The quantitative estimate of drug-likeness (QED) is 0.749. The van der Waals surface area contributed by atoms with Gasteiger partial charge in [-0.15, -0.1) is 0 Å². The van der Waals surface area contributed by atoms with Gasteiger partial charge >= 0.3 is 0 Å². The molecule has 1 aromatic rings. The fourth-order valence-electron chi connectivity index (χ4n) is 1.49. The number of hydrogen-bond donors (Lipinski definition) is 1. The van der Waals surface area contributed by atoms with Gasteiger partial charge in [-0.25, -0.2) is 0 Å². The summed E-state index contributed by atoms with van der Waals surface area (Å²) >= 11 is 5.90. The number of anilines is 1. The minimum atomic E-state index is -0.664. The smallest absolute Gasteiger partial charge is 0.291 e. The van der Waals surface area contributed by atoms with Crippen LogP contribution in [0.4, 0.5) is 5.69 Å². The van der Waals surface area contributed by atoms with Gasteiger partial charge in [0.1, 0.15) is 5.69 Å². The summed E-state index contributed by atoms with van der Waals surface area (Å²) in [5.41, 5.74) is 0.289. The summed E-state index contributed by atoms with van der Waals surface area (Å²) < 4.78 is 5.41. The zero-order valence-corrected chi connectivity index (χ0v) is 8.86. The van der Waals surface area contributed by atoms with E-state index in [1.54, 1.807) is 25.1 Å². The molecule has 15 heavy (non-hydrogen) atoms. The molecule has 0 bridgehead atoms. The lowest BCUT2D eigenvalue weighted by molar-refractivity contribution is -0.132. The number of hydroxylamine groups is 1. The van der Waals surface area contributed by atoms with Crippen LogP contribution in [0.1, 0.15) is 13.3 Å². The molecule has 1 aromatic carbocycles. The molecule has 1 N–H and O–H groups in total. The van der Waals surface area contributed by atoms with Gasteiger partial charge in [-0.05, 0) is 18.6 Å². The molecule has 1 amide bonds. The van der Waals surface area contributed by atoms with Gasteiger partial charge in [0, 0.05) is 0 Å². The minimum absolute atomic E-state index is 0.289. The number of ether oxygens (including phenoxy) is 1. The van der Waals surface area contributed by atoms with Crippen LogP contribution >= 0.6 is 11.6 Å². The van der Waals surface area contributed by atoms with Crippen molar-refractivity contribution in [3.63, 3.8) is 0 Å². The second-order valence-corrected chi connectivity index (χ2v) is 3.66.